The van der Waals surface area contributed by atoms with Gasteiger partial charge in [0.1, 0.15) is 11.8 Å². The molecule has 1 N–H and O–H groups in total. The van der Waals surface area contributed by atoms with Crippen molar-refractivity contribution >= 4 is 11.9 Å². The van der Waals surface area contributed by atoms with Crippen molar-refractivity contribution in [1.29, 1.82) is 0 Å². The second-order valence-electron chi connectivity index (χ2n) is 6.80. The van der Waals surface area contributed by atoms with E-state index in [1.54, 1.807) is 13.8 Å². The van der Waals surface area contributed by atoms with E-state index in [1.807, 2.05) is 24.3 Å². The third kappa shape index (κ3) is 3.66. The van der Waals surface area contributed by atoms with Crippen LogP contribution in [0.1, 0.15) is 52.0 Å². The molecular weight excluding hydrogens is 294 g/mol. The highest BCUT2D eigenvalue weighted by molar-refractivity contribution is 5.89. The van der Waals surface area contributed by atoms with Crippen molar-refractivity contribution in [2.75, 3.05) is 6.54 Å². The van der Waals surface area contributed by atoms with Crippen LogP contribution in [0.15, 0.2) is 24.3 Å². The molecule has 5 nitrogen and oxygen atoms in total. The third-order valence-corrected chi connectivity index (χ3v) is 4.22. The maximum absolute atomic E-state index is 12.8. The molecular formula is C18H25NO4. The molecule has 0 spiro atoms. The van der Waals surface area contributed by atoms with Gasteiger partial charge in [0, 0.05) is 6.54 Å². The fraction of sp³-hybridized carbons (Fsp3) is 0.556. The Balaban J connectivity index is 2.22. The Hall–Kier alpha value is -2.04. The van der Waals surface area contributed by atoms with Crippen LogP contribution in [0.4, 0.5) is 0 Å². The van der Waals surface area contributed by atoms with Gasteiger partial charge in [-0.3, -0.25) is 4.79 Å². The number of aliphatic carboxylic acids is 1. The summed E-state index contributed by atoms with van der Waals surface area (Å²) in [7, 11) is 0. The predicted octanol–water partition coefficient (Wildman–Crippen LogP) is 3.04. The van der Waals surface area contributed by atoms with Crippen molar-refractivity contribution in [3.63, 3.8) is 0 Å². The van der Waals surface area contributed by atoms with E-state index in [4.69, 9.17) is 4.74 Å². The molecule has 1 aliphatic rings. The number of para-hydroxylation sites is 1. The van der Waals surface area contributed by atoms with Crippen molar-refractivity contribution in [2.24, 2.45) is 0 Å². The van der Waals surface area contributed by atoms with Crippen LogP contribution in [0.5, 0.6) is 5.75 Å². The quantitative estimate of drug-likeness (QED) is 0.906. The summed E-state index contributed by atoms with van der Waals surface area (Å²) in [6, 6.07) is 6.90. The Morgan fingerprint density at radius 2 is 1.96 bits per heavy atom. The second-order valence-corrected chi connectivity index (χ2v) is 6.80. The summed E-state index contributed by atoms with van der Waals surface area (Å²) < 4.78 is 6.01. The summed E-state index contributed by atoms with van der Waals surface area (Å²) in [6.45, 7) is 8.00. The molecule has 1 saturated heterocycles. The zero-order chi connectivity index (χ0) is 17.2. The number of ether oxygens (including phenoxy) is 1. The average Bonchev–Trinajstić information content (AvgIpc) is 2.95. The van der Waals surface area contributed by atoms with E-state index in [9.17, 15) is 14.7 Å². The number of amides is 1. The van der Waals surface area contributed by atoms with Gasteiger partial charge in [-0.2, -0.15) is 0 Å². The maximum atomic E-state index is 12.8. The zero-order valence-corrected chi connectivity index (χ0v) is 14.2. The van der Waals surface area contributed by atoms with Gasteiger partial charge in [0.2, 0.25) is 0 Å². The van der Waals surface area contributed by atoms with Gasteiger partial charge < -0.3 is 14.7 Å². The number of likely N-dealkylation sites (tertiary alicyclic amines) is 1. The van der Waals surface area contributed by atoms with Crippen molar-refractivity contribution in [3.8, 4) is 5.75 Å². The minimum atomic E-state index is -1.11. The number of carboxylic acid groups (broad SMARTS) is 1. The summed E-state index contributed by atoms with van der Waals surface area (Å²) in [5, 5.41) is 9.27. The molecule has 0 saturated carbocycles. The Bertz CT molecular complexity index is 594. The average molecular weight is 319 g/mol. The smallest absolute Gasteiger partial charge is 0.326 e. The van der Waals surface area contributed by atoms with Crippen LogP contribution in [0, 0.1) is 0 Å². The molecule has 1 aliphatic heterocycles. The lowest BCUT2D eigenvalue weighted by molar-refractivity contribution is -0.155. The summed E-state index contributed by atoms with van der Waals surface area (Å²) in [4.78, 5) is 25.5. The van der Waals surface area contributed by atoms with Crippen molar-refractivity contribution in [1.82, 2.24) is 4.90 Å². The lowest BCUT2D eigenvalue weighted by Crippen LogP contribution is -2.52. The first-order chi connectivity index (χ1) is 10.7. The van der Waals surface area contributed by atoms with Crippen LogP contribution in [-0.4, -0.2) is 40.1 Å². The van der Waals surface area contributed by atoms with E-state index in [0.717, 1.165) is 5.56 Å². The minimum absolute atomic E-state index is 0.274. The molecule has 2 rings (SSSR count). The molecule has 126 valence electrons. The Labute approximate surface area is 137 Å². The van der Waals surface area contributed by atoms with Crippen molar-refractivity contribution < 1.29 is 19.4 Å². The van der Waals surface area contributed by atoms with Crippen LogP contribution in [0.25, 0.3) is 0 Å². The number of nitrogens with zero attached hydrogens (tertiary/aromatic N) is 1. The molecule has 1 unspecified atom stereocenters. The van der Waals surface area contributed by atoms with Gasteiger partial charge in [0.05, 0.1) is 0 Å². The first-order valence-electron chi connectivity index (χ1n) is 8.06. The monoisotopic (exact) mass is 319 g/mol. The number of rotatable bonds is 5. The van der Waals surface area contributed by atoms with Gasteiger partial charge in [-0.25, -0.2) is 4.79 Å². The van der Waals surface area contributed by atoms with Crippen molar-refractivity contribution in [3.05, 3.63) is 29.8 Å². The van der Waals surface area contributed by atoms with Crippen LogP contribution >= 0.6 is 0 Å². The summed E-state index contributed by atoms with van der Waals surface area (Å²) in [5.74, 6) is -0.280. The molecule has 1 amide bonds. The summed E-state index contributed by atoms with van der Waals surface area (Å²) >= 11 is 0. The predicted molar refractivity (Wildman–Crippen MR) is 87.6 cm³/mol. The third-order valence-electron chi connectivity index (χ3n) is 4.22. The molecule has 0 aromatic heterocycles. The van der Waals surface area contributed by atoms with Crippen LogP contribution in [0.2, 0.25) is 0 Å². The second kappa shape index (κ2) is 6.60. The van der Waals surface area contributed by atoms with Gasteiger partial charge in [-0.15, -0.1) is 0 Å². The summed E-state index contributed by atoms with van der Waals surface area (Å²) in [6.07, 6.45) is 1.21. The topological polar surface area (TPSA) is 66.8 Å². The van der Waals surface area contributed by atoms with E-state index in [1.165, 1.54) is 4.90 Å². The highest BCUT2D eigenvalue weighted by Crippen LogP contribution is 2.31. The number of carbonyl (C=O) groups excluding carboxylic acids is 1. The molecule has 1 aromatic carbocycles. The fourth-order valence-corrected chi connectivity index (χ4v) is 2.98. The van der Waals surface area contributed by atoms with E-state index < -0.39 is 17.6 Å². The van der Waals surface area contributed by atoms with E-state index in [0.29, 0.717) is 25.1 Å². The van der Waals surface area contributed by atoms with E-state index in [-0.39, 0.29) is 11.8 Å². The lowest BCUT2D eigenvalue weighted by Gasteiger charge is -2.33. The van der Waals surface area contributed by atoms with Gasteiger partial charge in [0.25, 0.3) is 5.91 Å². The number of hydrogen-bond donors (Lipinski definition) is 1. The normalized spacial score (nSPS) is 18.3. The van der Waals surface area contributed by atoms with Gasteiger partial charge in [-0.05, 0) is 44.2 Å². The lowest BCUT2D eigenvalue weighted by atomic mass is 10.0. The standard InChI is InChI=1S/C18H25NO4/c1-12(2)13-8-5-6-10-15(13)23-18(3,4)17(22)19-11-7-9-14(19)16(20)21/h5-6,8,10,12,14H,7,9,11H2,1-4H3,(H,20,21). The van der Waals surface area contributed by atoms with Crippen LogP contribution in [0.3, 0.4) is 0 Å². The molecule has 0 aliphatic carbocycles. The largest absolute Gasteiger partial charge is 0.480 e. The molecule has 23 heavy (non-hydrogen) atoms. The first kappa shape index (κ1) is 17.3. The summed E-state index contributed by atoms with van der Waals surface area (Å²) in [5.41, 5.74) is -0.0761. The molecule has 1 fully saturated rings. The number of benzene rings is 1. The Morgan fingerprint density at radius 1 is 1.30 bits per heavy atom. The Kier molecular flexibility index (Phi) is 4.97. The number of hydrogen-bond acceptors (Lipinski definition) is 3. The van der Waals surface area contributed by atoms with Gasteiger partial charge >= 0.3 is 5.97 Å². The van der Waals surface area contributed by atoms with Gasteiger partial charge in [-0.1, -0.05) is 32.0 Å². The van der Waals surface area contributed by atoms with E-state index in [2.05, 4.69) is 13.8 Å². The fourth-order valence-electron chi connectivity index (χ4n) is 2.98. The minimum Gasteiger partial charge on any atom is -0.480 e. The van der Waals surface area contributed by atoms with Gasteiger partial charge in [0.15, 0.2) is 5.60 Å². The number of carboxylic acids is 1. The number of carbonyl (C=O) groups is 2. The van der Waals surface area contributed by atoms with Crippen LogP contribution in [-0.2, 0) is 9.59 Å². The highest BCUT2D eigenvalue weighted by atomic mass is 16.5. The van der Waals surface area contributed by atoms with Crippen molar-refractivity contribution in [2.45, 2.75) is 58.1 Å². The molecule has 1 aromatic rings. The van der Waals surface area contributed by atoms with Crippen LogP contribution < -0.4 is 4.74 Å². The first-order valence-corrected chi connectivity index (χ1v) is 8.06. The maximum Gasteiger partial charge on any atom is 0.326 e. The zero-order valence-electron chi connectivity index (χ0n) is 14.2. The molecule has 5 heteroatoms. The highest BCUT2D eigenvalue weighted by Gasteiger charge is 2.42. The molecule has 1 heterocycles. The molecule has 1 atom stereocenters. The Morgan fingerprint density at radius 3 is 2.57 bits per heavy atom. The molecule has 0 radical (unpaired) electrons. The SMILES string of the molecule is CC(C)c1ccccc1OC(C)(C)C(=O)N1CCCC1C(=O)O. The van der Waals surface area contributed by atoms with E-state index >= 15 is 0 Å². The molecule has 0 bridgehead atoms.